The molecule has 0 spiro atoms. The number of carbonyl (C=O) groups excluding carboxylic acids is 2. The van der Waals surface area contributed by atoms with Crippen LogP contribution in [-0.4, -0.2) is 16.8 Å². The number of hydrogen-bond donors (Lipinski definition) is 3. The molecule has 1 aromatic heterocycles. The highest BCUT2D eigenvalue weighted by atomic mass is 16.2. The molecule has 0 aliphatic carbocycles. The van der Waals surface area contributed by atoms with Gasteiger partial charge in [0.1, 0.15) is 0 Å². The van der Waals surface area contributed by atoms with E-state index in [0.29, 0.717) is 11.3 Å². The average Bonchev–Trinajstić information content (AvgIpc) is 2.95. The number of aromatic nitrogens is 1. The van der Waals surface area contributed by atoms with Crippen molar-refractivity contribution < 1.29 is 9.59 Å². The first-order chi connectivity index (χ1) is 10.2. The molecular weight excluding hydrogens is 266 g/mol. The standard InChI is InChI=1S/C16H13N3O2/c17-15(20)12-4-1-2-6-14(12)19-16(21)11-5-3-7-13-10(11)8-9-18-13/h1-9,18H,(H2,17,20)(H,19,21). The van der Waals surface area contributed by atoms with Gasteiger partial charge in [-0.15, -0.1) is 0 Å². The lowest BCUT2D eigenvalue weighted by molar-refractivity contribution is 0.100. The molecule has 3 aromatic rings. The van der Waals surface area contributed by atoms with Crippen LogP contribution < -0.4 is 11.1 Å². The molecule has 5 heteroatoms. The number of rotatable bonds is 3. The lowest BCUT2D eigenvalue weighted by atomic mass is 10.1. The first kappa shape index (κ1) is 12.9. The second-order valence-electron chi connectivity index (χ2n) is 4.61. The van der Waals surface area contributed by atoms with Crippen molar-refractivity contribution in [3.8, 4) is 0 Å². The van der Waals surface area contributed by atoms with E-state index in [2.05, 4.69) is 10.3 Å². The molecule has 3 rings (SSSR count). The van der Waals surface area contributed by atoms with Crippen molar-refractivity contribution in [2.24, 2.45) is 5.73 Å². The Labute approximate surface area is 120 Å². The average molecular weight is 279 g/mol. The van der Waals surface area contributed by atoms with Crippen LogP contribution in [0.2, 0.25) is 0 Å². The van der Waals surface area contributed by atoms with Gasteiger partial charge in [0, 0.05) is 22.7 Å². The van der Waals surface area contributed by atoms with Crippen LogP contribution in [0.1, 0.15) is 20.7 Å². The van der Waals surface area contributed by atoms with Crippen LogP contribution in [0.15, 0.2) is 54.7 Å². The van der Waals surface area contributed by atoms with Gasteiger partial charge >= 0.3 is 0 Å². The van der Waals surface area contributed by atoms with Crippen molar-refractivity contribution in [3.63, 3.8) is 0 Å². The molecule has 0 radical (unpaired) electrons. The van der Waals surface area contributed by atoms with E-state index in [4.69, 9.17) is 5.73 Å². The third-order valence-electron chi connectivity index (χ3n) is 3.28. The van der Waals surface area contributed by atoms with Gasteiger partial charge in [0.15, 0.2) is 0 Å². The summed E-state index contributed by atoms with van der Waals surface area (Å²) in [4.78, 5) is 26.9. The molecule has 2 amide bonds. The highest BCUT2D eigenvalue weighted by Crippen LogP contribution is 2.20. The third kappa shape index (κ3) is 2.36. The summed E-state index contributed by atoms with van der Waals surface area (Å²) in [6.45, 7) is 0. The molecule has 104 valence electrons. The summed E-state index contributed by atoms with van der Waals surface area (Å²) in [5.41, 5.74) is 7.41. The van der Waals surface area contributed by atoms with Crippen LogP contribution in [0.25, 0.3) is 10.9 Å². The topological polar surface area (TPSA) is 88.0 Å². The molecule has 4 N–H and O–H groups in total. The molecule has 0 saturated heterocycles. The summed E-state index contributed by atoms with van der Waals surface area (Å²) in [5.74, 6) is -0.861. The summed E-state index contributed by atoms with van der Waals surface area (Å²) in [5, 5.41) is 3.56. The minimum absolute atomic E-state index is 0.283. The van der Waals surface area contributed by atoms with Gasteiger partial charge in [-0.3, -0.25) is 9.59 Å². The van der Waals surface area contributed by atoms with Crippen molar-refractivity contribution in [2.45, 2.75) is 0 Å². The Balaban J connectivity index is 1.97. The fraction of sp³-hybridized carbons (Fsp3) is 0. The highest BCUT2D eigenvalue weighted by molar-refractivity contribution is 6.14. The van der Waals surface area contributed by atoms with Crippen LogP contribution in [0.3, 0.4) is 0 Å². The van der Waals surface area contributed by atoms with Gasteiger partial charge in [-0.1, -0.05) is 18.2 Å². The zero-order valence-electron chi connectivity index (χ0n) is 11.1. The summed E-state index contributed by atoms with van der Waals surface area (Å²) in [6.07, 6.45) is 1.78. The number of carbonyl (C=O) groups is 2. The number of aromatic amines is 1. The lowest BCUT2D eigenvalue weighted by Crippen LogP contribution is -2.18. The SMILES string of the molecule is NC(=O)c1ccccc1NC(=O)c1cccc2[nH]ccc12. The van der Waals surface area contributed by atoms with Crippen molar-refractivity contribution in [1.82, 2.24) is 4.98 Å². The molecule has 21 heavy (non-hydrogen) atoms. The van der Waals surface area contributed by atoms with E-state index in [1.807, 2.05) is 12.1 Å². The van der Waals surface area contributed by atoms with Crippen LogP contribution in [-0.2, 0) is 0 Å². The van der Waals surface area contributed by atoms with E-state index in [0.717, 1.165) is 10.9 Å². The first-order valence-corrected chi connectivity index (χ1v) is 6.43. The van der Waals surface area contributed by atoms with E-state index >= 15 is 0 Å². The summed E-state index contributed by atoms with van der Waals surface area (Å²) in [6, 6.07) is 13.9. The van der Waals surface area contributed by atoms with Crippen LogP contribution in [0, 0.1) is 0 Å². The van der Waals surface area contributed by atoms with Crippen LogP contribution >= 0.6 is 0 Å². The maximum Gasteiger partial charge on any atom is 0.256 e. The predicted molar refractivity (Wildman–Crippen MR) is 81.2 cm³/mol. The first-order valence-electron chi connectivity index (χ1n) is 6.43. The van der Waals surface area contributed by atoms with Crippen molar-refractivity contribution in [3.05, 3.63) is 65.9 Å². The number of primary amides is 1. The molecule has 0 bridgehead atoms. The fourth-order valence-electron chi connectivity index (χ4n) is 2.28. The third-order valence-corrected chi connectivity index (χ3v) is 3.28. The van der Waals surface area contributed by atoms with Gasteiger partial charge in [0.05, 0.1) is 11.3 Å². The van der Waals surface area contributed by atoms with Gasteiger partial charge < -0.3 is 16.0 Å². The Morgan fingerprint density at radius 3 is 2.52 bits per heavy atom. The van der Waals surface area contributed by atoms with Gasteiger partial charge in [0.2, 0.25) is 0 Å². The molecule has 0 atom stereocenters. The lowest BCUT2D eigenvalue weighted by Gasteiger charge is -2.09. The van der Waals surface area contributed by atoms with Gasteiger partial charge in [-0.25, -0.2) is 0 Å². The van der Waals surface area contributed by atoms with Crippen molar-refractivity contribution >= 4 is 28.4 Å². The number of benzene rings is 2. The number of fused-ring (bicyclic) bond motifs is 1. The number of nitrogens with two attached hydrogens (primary N) is 1. The van der Waals surface area contributed by atoms with Crippen molar-refractivity contribution in [1.29, 1.82) is 0 Å². The Bertz CT molecular complexity index is 836. The number of H-pyrrole nitrogens is 1. The number of amides is 2. The van der Waals surface area contributed by atoms with E-state index in [1.165, 1.54) is 0 Å². The second kappa shape index (κ2) is 5.13. The Kier molecular flexibility index (Phi) is 3.16. The van der Waals surface area contributed by atoms with E-state index in [9.17, 15) is 9.59 Å². The van der Waals surface area contributed by atoms with Crippen LogP contribution in [0.4, 0.5) is 5.69 Å². The normalized spacial score (nSPS) is 10.5. The Hall–Kier alpha value is -3.08. The molecular formula is C16H13N3O2. The number of anilines is 1. The zero-order valence-corrected chi connectivity index (χ0v) is 11.1. The summed E-state index contributed by atoms with van der Waals surface area (Å²) < 4.78 is 0. The monoisotopic (exact) mass is 279 g/mol. The van der Waals surface area contributed by atoms with Crippen molar-refractivity contribution in [2.75, 3.05) is 5.32 Å². The Morgan fingerprint density at radius 1 is 0.952 bits per heavy atom. The molecule has 0 aliphatic heterocycles. The molecule has 0 saturated carbocycles. The zero-order chi connectivity index (χ0) is 14.8. The molecule has 0 unspecified atom stereocenters. The smallest absolute Gasteiger partial charge is 0.256 e. The highest BCUT2D eigenvalue weighted by Gasteiger charge is 2.14. The number of para-hydroxylation sites is 1. The summed E-state index contributed by atoms with van der Waals surface area (Å²) in [7, 11) is 0. The fourth-order valence-corrected chi connectivity index (χ4v) is 2.28. The molecule has 5 nitrogen and oxygen atoms in total. The molecule has 1 heterocycles. The number of hydrogen-bond acceptors (Lipinski definition) is 2. The maximum atomic E-state index is 12.4. The van der Waals surface area contributed by atoms with E-state index in [-0.39, 0.29) is 11.5 Å². The second-order valence-corrected chi connectivity index (χ2v) is 4.61. The van der Waals surface area contributed by atoms with Gasteiger partial charge in [-0.2, -0.15) is 0 Å². The van der Waals surface area contributed by atoms with Crippen LogP contribution in [0.5, 0.6) is 0 Å². The Morgan fingerprint density at radius 2 is 1.71 bits per heavy atom. The van der Waals surface area contributed by atoms with Gasteiger partial charge in [0.25, 0.3) is 11.8 Å². The minimum atomic E-state index is -0.578. The maximum absolute atomic E-state index is 12.4. The summed E-state index contributed by atoms with van der Waals surface area (Å²) >= 11 is 0. The van der Waals surface area contributed by atoms with E-state index in [1.54, 1.807) is 42.6 Å². The minimum Gasteiger partial charge on any atom is -0.366 e. The largest absolute Gasteiger partial charge is 0.366 e. The molecule has 0 aliphatic rings. The number of nitrogens with one attached hydrogen (secondary N) is 2. The van der Waals surface area contributed by atoms with E-state index < -0.39 is 5.91 Å². The molecule has 2 aromatic carbocycles. The van der Waals surface area contributed by atoms with Gasteiger partial charge in [-0.05, 0) is 30.3 Å². The predicted octanol–water partition coefficient (Wildman–Crippen LogP) is 2.52. The molecule has 0 fully saturated rings. The quantitative estimate of drug-likeness (QED) is 0.687.